The van der Waals surface area contributed by atoms with Crippen LogP contribution in [0.2, 0.25) is 5.02 Å². The number of aromatic nitrogens is 1. The highest BCUT2D eigenvalue weighted by molar-refractivity contribution is 8.00. The van der Waals surface area contributed by atoms with Crippen LogP contribution in [0.15, 0.2) is 107 Å². The van der Waals surface area contributed by atoms with Gasteiger partial charge in [0.05, 0.1) is 16.5 Å². The van der Waals surface area contributed by atoms with E-state index in [0.717, 1.165) is 27.1 Å². The van der Waals surface area contributed by atoms with Gasteiger partial charge in [0, 0.05) is 32.3 Å². The van der Waals surface area contributed by atoms with Gasteiger partial charge in [-0.15, -0.1) is 11.3 Å². The Morgan fingerprint density at radius 1 is 1.00 bits per heavy atom. The van der Waals surface area contributed by atoms with E-state index in [-0.39, 0.29) is 11.7 Å². The number of amides is 1. The molecule has 1 atom stereocenters. The fourth-order valence-electron chi connectivity index (χ4n) is 4.27. The first kappa shape index (κ1) is 30.0. The summed E-state index contributed by atoms with van der Waals surface area (Å²) in [6, 6.07) is 30.2. The number of pyridine rings is 1. The summed E-state index contributed by atoms with van der Waals surface area (Å²) >= 11 is 8.90. The largest absolute Gasteiger partial charge is 0.325 e. The van der Waals surface area contributed by atoms with Gasteiger partial charge in [0.25, 0.3) is 0 Å². The summed E-state index contributed by atoms with van der Waals surface area (Å²) in [5, 5.41) is 15.6. The Bertz CT molecular complexity index is 1830. The number of hydrogen-bond acceptors (Lipinski definition) is 6. The molecule has 0 saturated carbocycles. The van der Waals surface area contributed by atoms with Crippen molar-refractivity contribution in [2.24, 2.45) is 0 Å². The Kier molecular flexibility index (Phi) is 9.53. The van der Waals surface area contributed by atoms with Crippen molar-refractivity contribution in [1.29, 1.82) is 5.26 Å². The number of nitrogens with one attached hydrogen (secondary N) is 1. The molecule has 1 amide bonds. The molecule has 3 aromatic carbocycles. The highest BCUT2D eigenvalue weighted by Crippen LogP contribution is 2.36. The summed E-state index contributed by atoms with van der Waals surface area (Å²) in [4.78, 5) is 31.6. The van der Waals surface area contributed by atoms with Crippen molar-refractivity contribution in [3.63, 3.8) is 0 Å². The van der Waals surface area contributed by atoms with Crippen molar-refractivity contribution >= 4 is 58.2 Å². The number of ketones is 1. The number of hydrogen-bond donors (Lipinski definition) is 1. The number of thiophene rings is 1. The number of rotatable bonds is 9. The number of carbonyl (C=O) groups excluding carboxylic acids is 2. The number of nitrogens with zero attached hydrogens (tertiary/aromatic N) is 2. The fraction of sp³-hybridized carbons (Fsp3) is 0.0857. The molecular formula is C35H26ClN3O2S2. The Morgan fingerprint density at radius 3 is 2.35 bits per heavy atom. The predicted octanol–water partition coefficient (Wildman–Crippen LogP) is 9.33. The van der Waals surface area contributed by atoms with Gasteiger partial charge >= 0.3 is 0 Å². The molecule has 0 bridgehead atoms. The average Bonchev–Trinajstić information content (AvgIpc) is 3.54. The number of benzene rings is 3. The minimum Gasteiger partial charge on any atom is -0.325 e. The first-order chi connectivity index (χ1) is 20.8. The van der Waals surface area contributed by atoms with Gasteiger partial charge in [0.2, 0.25) is 5.91 Å². The Balaban J connectivity index is 1.37. The van der Waals surface area contributed by atoms with Crippen molar-refractivity contribution in [3.05, 3.63) is 129 Å². The molecule has 0 spiro atoms. The molecule has 43 heavy (non-hydrogen) atoms. The standard InChI is InChI=1S/C35H26ClN3O2S2/c1-22-5-7-24(8-6-22)30-20-32(25-9-13-27(36)14-10-25)39-35(31(30)21-37)43-23(2)34(41)38-28-15-11-26(12-16-28)33(40)18-17-29-4-3-19-42-29/h3-20,23H,1-2H3,(H,38,41)/b18-17+/t23-/m1/s1. The molecule has 2 aromatic heterocycles. The van der Waals surface area contributed by atoms with Gasteiger partial charge in [0.15, 0.2) is 5.78 Å². The van der Waals surface area contributed by atoms with E-state index in [1.807, 2.05) is 66.9 Å². The van der Waals surface area contributed by atoms with E-state index in [4.69, 9.17) is 16.6 Å². The van der Waals surface area contributed by atoms with E-state index in [1.165, 1.54) is 11.8 Å². The van der Waals surface area contributed by atoms with E-state index >= 15 is 0 Å². The minimum absolute atomic E-state index is 0.116. The second-order valence-electron chi connectivity index (χ2n) is 9.76. The molecule has 0 aliphatic carbocycles. The van der Waals surface area contributed by atoms with Gasteiger partial charge in [-0.25, -0.2) is 4.98 Å². The highest BCUT2D eigenvalue weighted by atomic mass is 35.5. The van der Waals surface area contributed by atoms with Crippen LogP contribution < -0.4 is 5.32 Å². The monoisotopic (exact) mass is 619 g/mol. The van der Waals surface area contributed by atoms with Gasteiger partial charge < -0.3 is 5.32 Å². The van der Waals surface area contributed by atoms with Gasteiger partial charge in [-0.1, -0.05) is 71.4 Å². The molecule has 2 heterocycles. The van der Waals surface area contributed by atoms with Crippen LogP contribution in [0, 0.1) is 18.3 Å². The minimum atomic E-state index is -0.569. The zero-order chi connectivity index (χ0) is 30.3. The van der Waals surface area contributed by atoms with Crippen LogP contribution in [0.1, 0.15) is 33.3 Å². The lowest BCUT2D eigenvalue weighted by Gasteiger charge is -2.16. The van der Waals surface area contributed by atoms with Crippen LogP contribution in [-0.2, 0) is 4.79 Å². The number of allylic oxidation sites excluding steroid dienone is 1. The van der Waals surface area contributed by atoms with Gasteiger partial charge in [-0.05, 0) is 85.5 Å². The molecule has 0 aliphatic rings. The lowest BCUT2D eigenvalue weighted by molar-refractivity contribution is -0.115. The predicted molar refractivity (Wildman–Crippen MR) is 178 cm³/mol. The van der Waals surface area contributed by atoms with Crippen molar-refractivity contribution < 1.29 is 9.59 Å². The van der Waals surface area contributed by atoms with E-state index in [1.54, 1.807) is 66.8 Å². The molecule has 5 nitrogen and oxygen atoms in total. The summed E-state index contributed by atoms with van der Waals surface area (Å²) in [6.07, 6.45) is 3.33. The number of nitriles is 1. The van der Waals surface area contributed by atoms with E-state index in [0.29, 0.717) is 32.6 Å². The average molecular weight is 620 g/mol. The van der Waals surface area contributed by atoms with Gasteiger partial charge in [-0.3, -0.25) is 9.59 Å². The van der Waals surface area contributed by atoms with Crippen LogP contribution in [0.3, 0.4) is 0 Å². The number of aryl methyl sites for hydroxylation is 1. The smallest absolute Gasteiger partial charge is 0.237 e. The zero-order valence-corrected chi connectivity index (χ0v) is 25.8. The lowest BCUT2D eigenvalue weighted by atomic mass is 9.98. The third-order valence-electron chi connectivity index (χ3n) is 6.64. The van der Waals surface area contributed by atoms with Crippen molar-refractivity contribution in [1.82, 2.24) is 4.98 Å². The van der Waals surface area contributed by atoms with Crippen LogP contribution >= 0.6 is 34.7 Å². The van der Waals surface area contributed by atoms with Gasteiger partial charge in [0.1, 0.15) is 11.1 Å². The number of thioether (sulfide) groups is 1. The summed E-state index contributed by atoms with van der Waals surface area (Å²) in [7, 11) is 0. The molecule has 0 aliphatic heterocycles. The number of halogens is 1. The molecule has 8 heteroatoms. The number of anilines is 1. The van der Waals surface area contributed by atoms with Crippen molar-refractivity contribution in [3.8, 4) is 28.5 Å². The van der Waals surface area contributed by atoms with Crippen LogP contribution in [0.4, 0.5) is 5.69 Å². The van der Waals surface area contributed by atoms with Crippen molar-refractivity contribution in [2.75, 3.05) is 5.32 Å². The third-order valence-corrected chi connectivity index (χ3v) is 8.81. The van der Waals surface area contributed by atoms with Crippen LogP contribution in [0.25, 0.3) is 28.5 Å². The first-order valence-electron chi connectivity index (χ1n) is 13.4. The van der Waals surface area contributed by atoms with Crippen molar-refractivity contribution in [2.45, 2.75) is 24.1 Å². The summed E-state index contributed by atoms with van der Waals surface area (Å²) in [5.74, 6) is -0.364. The van der Waals surface area contributed by atoms with E-state index in [9.17, 15) is 14.9 Å². The molecule has 5 rings (SSSR count). The molecule has 0 fully saturated rings. The maximum atomic E-state index is 13.2. The molecule has 0 radical (unpaired) electrons. The second kappa shape index (κ2) is 13.7. The molecule has 0 saturated heterocycles. The van der Waals surface area contributed by atoms with E-state index in [2.05, 4.69) is 11.4 Å². The highest BCUT2D eigenvalue weighted by Gasteiger charge is 2.22. The molecule has 212 valence electrons. The summed E-state index contributed by atoms with van der Waals surface area (Å²) < 4.78 is 0. The maximum Gasteiger partial charge on any atom is 0.237 e. The first-order valence-corrected chi connectivity index (χ1v) is 15.6. The Morgan fingerprint density at radius 2 is 1.70 bits per heavy atom. The SMILES string of the molecule is Cc1ccc(-c2cc(-c3ccc(Cl)cc3)nc(S[C@H](C)C(=O)Nc3ccc(C(=O)/C=C/c4cccs4)cc3)c2C#N)cc1. The molecular weight excluding hydrogens is 594 g/mol. The Hall–Kier alpha value is -4.48. The van der Waals surface area contributed by atoms with Gasteiger partial charge in [-0.2, -0.15) is 5.26 Å². The quantitative estimate of drug-likeness (QED) is 0.101. The maximum absolute atomic E-state index is 13.2. The van der Waals surface area contributed by atoms with Crippen LogP contribution in [0.5, 0.6) is 0 Å². The summed E-state index contributed by atoms with van der Waals surface area (Å²) in [5.41, 5.74) is 5.77. The Labute approximate surface area is 263 Å². The fourth-order valence-corrected chi connectivity index (χ4v) is 5.94. The summed E-state index contributed by atoms with van der Waals surface area (Å²) in [6.45, 7) is 3.79. The lowest BCUT2D eigenvalue weighted by Crippen LogP contribution is -2.22. The zero-order valence-electron chi connectivity index (χ0n) is 23.4. The molecule has 1 N–H and O–H groups in total. The molecule has 0 unspecified atom stereocenters. The topological polar surface area (TPSA) is 82.8 Å². The van der Waals surface area contributed by atoms with E-state index < -0.39 is 5.25 Å². The molecule has 5 aromatic rings. The second-order valence-corrected chi connectivity index (χ2v) is 12.5. The third kappa shape index (κ3) is 7.49. The van der Waals surface area contributed by atoms with Crippen LogP contribution in [-0.4, -0.2) is 21.9 Å². The number of carbonyl (C=O) groups is 2. The normalized spacial score (nSPS) is 11.7.